The van der Waals surface area contributed by atoms with Crippen LogP contribution in [0.15, 0.2) is 100 Å². The molecule has 3 aromatic carbocycles. The van der Waals surface area contributed by atoms with Gasteiger partial charge in [0.05, 0.1) is 78.6 Å². The number of methoxy groups -OCH3 is 1. The van der Waals surface area contributed by atoms with Gasteiger partial charge in [-0.1, -0.05) is 35.3 Å². The van der Waals surface area contributed by atoms with Crippen LogP contribution < -0.4 is 46.3 Å². The van der Waals surface area contributed by atoms with Crippen molar-refractivity contribution in [3.05, 3.63) is 166 Å². The van der Waals surface area contributed by atoms with E-state index >= 15 is 0 Å². The van der Waals surface area contributed by atoms with Gasteiger partial charge in [-0.05, 0) is 67.9 Å². The average Bonchev–Trinajstić information content (AvgIpc) is 3.31. The molecular formula is C44H38Cl2N12O7. The fourth-order valence-electron chi connectivity index (χ4n) is 5.82. The normalized spacial score (nSPS) is 10.4. The molecule has 0 saturated carbocycles. The van der Waals surface area contributed by atoms with Crippen molar-refractivity contribution in [2.75, 3.05) is 31.8 Å². The molecule has 0 aliphatic carbocycles. The first-order valence-electron chi connectivity index (χ1n) is 19.3. The first-order valence-corrected chi connectivity index (χ1v) is 20.0. The SMILES string of the molecule is CNc1ncc(Cn2cnc(C)c(Oc3cc(Cl)cc(C#N)c3)c2=O)c(=O)[nH]1.CNc1ncc(Cn2cnc(C)c(Oc3cc(Cl)cc(C#N)c3)c2=O)c(OCc2ccc(OC)cc2)n1. The molecule has 0 unspecified atom stereocenters. The second kappa shape index (κ2) is 21.2. The Hall–Kier alpha value is -8.26. The van der Waals surface area contributed by atoms with E-state index in [0.29, 0.717) is 55.9 Å². The Labute approximate surface area is 380 Å². The van der Waals surface area contributed by atoms with E-state index in [1.54, 1.807) is 41.2 Å². The van der Waals surface area contributed by atoms with Crippen LogP contribution in [-0.4, -0.2) is 60.2 Å². The third-order valence-electron chi connectivity index (χ3n) is 9.16. The molecule has 0 atom stereocenters. The van der Waals surface area contributed by atoms with Gasteiger partial charge in [-0.25, -0.2) is 19.9 Å². The summed E-state index contributed by atoms with van der Waals surface area (Å²) >= 11 is 12.1. The Balaban J connectivity index is 0.000000224. The zero-order valence-electron chi connectivity index (χ0n) is 35.3. The molecule has 7 aromatic rings. The number of aromatic amines is 1. The molecule has 21 heteroatoms. The summed E-state index contributed by atoms with van der Waals surface area (Å²) in [5, 5.41) is 24.5. The largest absolute Gasteiger partial charge is 0.497 e. The van der Waals surface area contributed by atoms with E-state index in [1.165, 1.54) is 64.4 Å². The molecule has 19 nitrogen and oxygen atoms in total. The predicted molar refractivity (Wildman–Crippen MR) is 240 cm³/mol. The lowest BCUT2D eigenvalue weighted by Crippen LogP contribution is -2.26. The minimum absolute atomic E-state index is 0.0159. The van der Waals surface area contributed by atoms with Crippen molar-refractivity contribution in [2.24, 2.45) is 0 Å². The van der Waals surface area contributed by atoms with Crippen LogP contribution in [0.1, 0.15) is 39.2 Å². The number of halogens is 2. The van der Waals surface area contributed by atoms with Crippen molar-refractivity contribution in [3.63, 3.8) is 0 Å². The van der Waals surface area contributed by atoms with E-state index in [9.17, 15) is 19.6 Å². The number of benzene rings is 3. The van der Waals surface area contributed by atoms with E-state index in [2.05, 4.69) is 40.5 Å². The van der Waals surface area contributed by atoms with Crippen LogP contribution >= 0.6 is 23.2 Å². The molecule has 4 heterocycles. The van der Waals surface area contributed by atoms with Crippen molar-refractivity contribution in [3.8, 4) is 46.8 Å². The summed E-state index contributed by atoms with van der Waals surface area (Å²) in [7, 11) is 4.94. The lowest BCUT2D eigenvalue weighted by molar-refractivity contribution is 0.289. The van der Waals surface area contributed by atoms with Gasteiger partial charge in [-0.3, -0.25) is 28.5 Å². The molecule has 4 aromatic heterocycles. The number of nitrogens with zero attached hydrogens (tertiary/aromatic N) is 9. The zero-order chi connectivity index (χ0) is 46.6. The quantitative estimate of drug-likeness (QED) is 0.107. The minimum Gasteiger partial charge on any atom is -0.497 e. The topological polar surface area (TPSA) is 250 Å². The predicted octanol–water partition coefficient (Wildman–Crippen LogP) is 6.38. The molecule has 0 aliphatic rings. The van der Waals surface area contributed by atoms with E-state index < -0.39 is 11.1 Å². The van der Waals surface area contributed by atoms with Gasteiger partial charge in [0.2, 0.25) is 29.3 Å². The number of aromatic nitrogens is 8. The highest BCUT2D eigenvalue weighted by Gasteiger charge is 2.17. The summed E-state index contributed by atoms with van der Waals surface area (Å²) in [6.45, 7) is 3.58. The van der Waals surface area contributed by atoms with Crippen LogP contribution in [0.2, 0.25) is 10.0 Å². The van der Waals surface area contributed by atoms with Crippen molar-refractivity contribution >= 4 is 35.1 Å². The third kappa shape index (κ3) is 11.8. The Kier molecular flexibility index (Phi) is 15.1. The highest BCUT2D eigenvalue weighted by atomic mass is 35.5. The summed E-state index contributed by atoms with van der Waals surface area (Å²) in [6, 6.07) is 20.4. The van der Waals surface area contributed by atoms with E-state index in [-0.39, 0.29) is 53.8 Å². The van der Waals surface area contributed by atoms with Crippen LogP contribution in [0.4, 0.5) is 11.9 Å². The van der Waals surface area contributed by atoms with Crippen LogP contribution in [0.5, 0.6) is 34.6 Å². The number of nitrogens with one attached hydrogen (secondary N) is 3. The Morgan fingerprint density at radius 3 is 1.74 bits per heavy atom. The zero-order valence-corrected chi connectivity index (χ0v) is 36.9. The van der Waals surface area contributed by atoms with Crippen molar-refractivity contribution in [2.45, 2.75) is 33.5 Å². The minimum atomic E-state index is -0.483. The molecular weight excluding hydrogens is 879 g/mol. The summed E-state index contributed by atoms with van der Waals surface area (Å²) in [5.41, 5.74) is 1.84. The molecule has 0 saturated heterocycles. The Morgan fingerprint density at radius 2 is 1.25 bits per heavy atom. The van der Waals surface area contributed by atoms with Gasteiger partial charge >= 0.3 is 0 Å². The van der Waals surface area contributed by atoms with Crippen LogP contribution in [-0.2, 0) is 19.7 Å². The molecule has 0 radical (unpaired) electrons. The summed E-state index contributed by atoms with van der Waals surface area (Å²) in [4.78, 5) is 62.0. The van der Waals surface area contributed by atoms with E-state index in [1.807, 2.05) is 36.4 Å². The fraction of sp³-hybridized carbons (Fsp3) is 0.182. The number of hydrogen-bond donors (Lipinski definition) is 3. The van der Waals surface area contributed by atoms with Crippen molar-refractivity contribution in [1.82, 2.24) is 39.0 Å². The van der Waals surface area contributed by atoms with Crippen molar-refractivity contribution < 1.29 is 18.9 Å². The first-order chi connectivity index (χ1) is 31.3. The number of ether oxygens (including phenoxy) is 4. The van der Waals surface area contributed by atoms with Crippen LogP contribution in [0.3, 0.4) is 0 Å². The number of nitriles is 2. The fourth-order valence-corrected chi connectivity index (χ4v) is 6.27. The maximum atomic E-state index is 13.3. The lowest BCUT2D eigenvalue weighted by Gasteiger charge is -2.14. The van der Waals surface area contributed by atoms with E-state index in [4.69, 9.17) is 47.4 Å². The second-order valence-electron chi connectivity index (χ2n) is 13.7. The number of hydrogen-bond acceptors (Lipinski definition) is 16. The number of rotatable bonds is 14. The standard InChI is InChI=1S/C26H23ClN6O4.C18H15ClN6O3/c1-16-23(37-22-9-18(11-28)8-20(27)10-22)25(34)33(15-31-16)13-19-12-30-26(29-2)32-24(19)36-14-17-4-6-21(35-3)7-5-17;1-10-15(28-14-4-11(6-20)3-13(19)5-14)17(27)25(9-23-10)8-12-7-22-18(21-2)24-16(12)26/h4-10,12,15H,13-14H2,1-3H3,(H,29,30,32);3-5,7,9H,8H2,1-2H3,(H2,21,22,24,26). The molecule has 0 amide bonds. The summed E-state index contributed by atoms with van der Waals surface area (Å²) in [6.07, 6.45) is 5.72. The Bertz CT molecular complexity index is 3130. The molecule has 0 bridgehead atoms. The highest BCUT2D eigenvalue weighted by molar-refractivity contribution is 6.31. The van der Waals surface area contributed by atoms with Crippen molar-refractivity contribution in [1.29, 1.82) is 10.5 Å². The lowest BCUT2D eigenvalue weighted by atomic mass is 10.2. The number of aryl methyl sites for hydroxylation is 2. The van der Waals surface area contributed by atoms with Crippen LogP contribution in [0.25, 0.3) is 0 Å². The molecule has 0 aliphatic heterocycles. The van der Waals surface area contributed by atoms with Gasteiger partial charge in [0.25, 0.3) is 16.7 Å². The maximum absolute atomic E-state index is 13.3. The molecule has 0 spiro atoms. The summed E-state index contributed by atoms with van der Waals surface area (Å²) in [5.74, 6) is 2.25. The number of H-pyrrole nitrogens is 1. The summed E-state index contributed by atoms with van der Waals surface area (Å²) < 4.78 is 25.3. The molecule has 330 valence electrons. The molecule has 3 N–H and O–H groups in total. The van der Waals surface area contributed by atoms with Gasteiger partial charge in [0, 0.05) is 36.5 Å². The smallest absolute Gasteiger partial charge is 0.296 e. The maximum Gasteiger partial charge on any atom is 0.296 e. The van der Waals surface area contributed by atoms with Crippen LogP contribution in [0, 0.1) is 36.5 Å². The average molecular weight is 918 g/mol. The molecule has 7 rings (SSSR count). The molecule has 0 fully saturated rings. The van der Waals surface area contributed by atoms with Gasteiger partial charge < -0.3 is 29.6 Å². The van der Waals surface area contributed by atoms with Gasteiger partial charge in [-0.2, -0.15) is 15.5 Å². The van der Waals surface area contributed by atoms with Gasteiger partial charge in [0.1, 0.15) is 23.9 Å². The first kappa shape index (κ1) is 46.2. The number of anilines is 2. The monoisotopic (exact) mass is 916 g/mol. The van der Waals surface area contributed by atoms with Gasteiger partial charge in [-0.15, -0.1) is 0 Å². The highest BCUT2D eigenvalue weighted by Crippen LogP contribution is 2.28. The molecule has 65 heavy (non-hydrogen) atoms. The second-order valence-corrected chi connectivity index (χ2v) is 14.6. The third-order valence-corrected chi connectivity index (χ3v) is 9.60. The Morgan fingerprint density at radius 1 is 0.708 bits per heavy atom. The van der Waals surface area contributed by atoms with E-state index in [0.717, 1.165) is 11.3 Å². The van der Waals surface area contributed by atoms with Gasteiger partial charge in [0.15, 0.2) is 0 Å².